The van der Waals surface area contributed by atoms with Crippen LogP contribution in [-0.2, 0) is 11.2 Å². The molecule has 0 atom stereocenters. The van der Waals surface area contributed by atoms with Crippen molar-refractivity contribution < 1.29 is 19.0 Å². The third-order valence-electron chi connectivity index (χ3n) is 5.60. The molecule has 1 amide bonds. The lowest BCUT2D eigenvalue weighted by Gasteiger charge is -2.36. The Hall–Kier alpha value is -2.97. The van der Waals surface area contributed by atoms with Crippen molar-refractivity contribution in [2.24, 2.45) is 0 Å². The van der Waals surface area contributed by atoms with E-state index in [-0.39, 0.29) is 12.3 Å². The maximum atomic E-state index is 12.9. The largest absolute Gasteiger partial charge is 0.493 e. The SMILES string of the molecule is COc1cc(-c2nc(CC(=O)N3CCN(c4cccc(Cl)c4)CC3)cs2)cc(OC)c1OC. The lowest BCUT2D eigenvalue weighted by Crippen LogP contribution is -2.49. The highest BCUT2D eigenvalue weighted by molar-refractivity contribution is 7.13. The molecule has 1 aliphatic heterocycles. The first-order chi connectivity index (χ1) is 16.0. The van der Waals surface area contributed by atoms with Crippen molar-refractivity contribution >= 4 is 34.5 Å². The number of benzene rings is 2. The van der Waals surface area contributed by atoms with Crippen LogP contribution in [0.1, 0.15) is 5.69 Å². The Morgan fingerprint density at radius 1 is 1.03 bits per heavy atom. The number of methoxy groups -OCH3 is 3. The van der Waals surface area contributed by atoms with Gasteiger partial charge in [0.05, 0.1) is 33.4 Å². The number of thiazole rings is 1. The molecule has 0 radical (unpaired) electrons. The Bertz CT molecular complexity index is 1100. The van der Waals surface area contributed by atoms with Crippen molar-refractivity contribution in [1.82, 2.24) is 9.88 Å². The monoisotopic (exact) mass is 487 g/mol. The second-order valence-electron chi connectivity index (χ2n) is 7.58. The van der Waals surface area contributed by atoms with E-state index in [2.05, 4.69) is 9.88 Å². The van der Waals surface area contributed by atoms with Crippen LogP contribution in [0.15, 0.2) is 41.8 Å². The first-order valence-electron chi connectivity index (χ1n) is 10.6. The molecule has 1 saturated heterocycles. The molecule has 2 heterocycles. The minimum Gasteiger partial charge on any atom is -0.493 e. The molecule has 1 fully saturated rings. The summed E-state index contributed by atoms with van der Waals surface area (Å²) in [7, 11) is 4.74. The maximum absolute atomic E-state index is 12.9. The number of nitrogens with zero attached hydrogens (tertiary/aromatic N) is 3. The van der Waals surface area contributed by atoms with Gasteiger partial charge in [-0.05, 0) is 30.3 Å². The number of ether oxygens (including phenoxy) is 3. The fourth-order valence-electron chi connectivity index (χ4n) is 3.88. The van der Waals surface area contributed by atoms with Gasteiger partial charge in [-0.15, -0.1) is 11.3 Å². The molecule has 9 heteroatoms. The molecule has 0 unspecified atom stereocenters. The van der Waals surface area contributed by atoms with Gasteiger partial charge in [-0.2, -0.15) is 0 Å². The quantitative estimate of drug-likeness (QED) is 0.493. The first kappa shape index (κ1) is 23.2. The Balaban J connectivity index is 1.40. The molecule has 4 rings (SSSR count). The second-order valence-corrected chi connectivity index (χ2v) is 8.88. The zero-order chi connectivity index (χ0) is 23.4. The Labute approximate surface area is 202 Å². The zero-order valence-corrected chi connectivity index (χ0v) is 20.4. The number of aromatic nitrogens is 1. The van der Waals surface area contributed by atoms with Crippen molar-refractivity contribution in [3.8, 4) is 27.8 Å². The maximum Gasteiger partial charge on any atom is 0.228 e. The van der Waals surface area contributed by atoms with Crippen LogP contribution >= 0.6 is 22.9 Å². The van der Waals surface area contributed by atoms with Gasteiger partial charge in [0.1, 0.15) is 5.01 Å². The van der Waals surface area contributed by atoms with Crippen LogP contribution in [-0.4, -0.2) is 63.3 Å². The summed E-state index contributed by atoms with van der Waals surface area (Å²) in [6.45, 7) is 2.91. The van der Waals surface area contributed by atoms with Crippen LogP contribution in [0.5, 0.6) is 17.2 Å². The average Bonchev–Trinajstić information content (AvgIpc) is 3.31. The smallest absolute Gasteiger partial charge is 0.228 e. The van der Waals surface area contributed by atoms with E-state index >= 15 is 0 Å². The number of anilines is 1. The van der Waals surface area contributed by atoms with Gasteiger partial charge >= 0.3 is 0 Å². The number of halogens is 1. The van der Waals surface area contributed by atoms with Crippen molar-refractivity contribution in [3.05, 3.63) is 52.5 Å². The Morgan fingerprint density at radius 2 is 1.73 bits per heavy atom. The summed E-state index contributed by atoms with van der Waals surface area (Å²) in [6.07, 6.45) is 0.276. The molecule has 0 saturated carbocycles. The fourth-order valence-corrected chi connectivity index (χ4v) is 4.87. The summed E-state index contributed by atoms with van der Waals surface area (Å²) in [5.41, 5.74) is 2.69. The van der Waals surface area contributed by atoms with E-state index < -0.39 is 0 Å². The molecule has 33 heavy (non-hydrogen) atoms. The lowest BCUT2D eigenvalue weighted by atomic mass is 10.2. The first-order valence-corrected chi connectivity index (χ1v) is 11.8. The Kier molecular flexibility index (Phi) is 7.25. The predicted octanol–water partition coefficient (Wildman–Crippen LogP) is 4.38. The molecular formula is C24H26ClN3O4S. The third-order valence-corrected chi connectivity index (χ3v) is 6.78. The van der Waals surface area contributed by atoms with Crippen LogP contribution in [0.25, 0.3) is 10.6 Å². The molecule has 0 aliphatic carbocycles. The summed E-state index contributed by atoms with van der Waals surface area (Å²) >= 11 is 7.60. The highest BCUT2D eigenvalue weighted by atomic mass is 35.5. The third kappa shape index (κ3) is 5.17. The van der Waals surface area contributed by atoms with Gasteiger partial charge in [-0.1, -0.05) is 17.7 Å². The van der Waals surface area contributed by atoms with Crippen LogP contribution in [0.2, 0.25) is 5.02 Å². The van der Waals surface area contributed by atoms with E-state index in [9.17, 15) is 4.79 Å². The van der Waals surface area contributed by atoms with Crippen molar-refractivity contribution in [3.63, 3.8) is 0 Å². The van der Waals surface area contributed by atoms with Crippen molar-refractivity contribution in [1.29, 1.82) is 0 Å². The average molecular weight is 488 g/mol. The molecule has 1 aliphatic rings. The minimum atomic E-state index is 0.0856. The summed E-state index contributed by atoms with van der Waals surface area (Å²) in [4.78, 5) is 21.7. The molecular weight excluding hydrogens is 462 g/mol. The summed E-state index contributed by atoms with van der Waals surface area (Å²) in [6, 6.07) is 11.5. The molecule has 3 aromatic rings. The van der Waals surface area contributed by atoms with Gasteiger partial charge in [0.15, 0.2) is 11.5 Å². The fraction of sp³-hybridized carbons (Fsp3) is 0.333. The van der Waals surface area contributed by atoms with Gasteiger partial charge in [-0.25, -0.2) is 4.98 Å². The number of rotatable bonds is 7. The van der Waals surface area contributed by atoms with E-state index in [4.69, 9.17) is 25.8 Å². The zero-order valence-electron chi connectivity index (χ0n) is 18.8. The number of hydrogen-bond donors (Lipinski definition) is 0. The topological polar surface area (TPSA) is 64.1 Å². The number of hydrogen-bond acceptors (Lipinski definition) is 7. The summed E-state index contributed by atoms with van der Waals surface area (Å²) in [5.74, 6) is 1.75. The minimum absolute atomic E-state index is 0.0856. The molecule has 7 nitrogen and oxygen atoms in total. The highest BCUT2D eigenvalue weighted by Gasteiger charge is 2.23. The summed E-state index contributed by atoms with van der Waals surface area (Å²) in [5, 5.41) is 3.44. The van der Waals surface area contributed by atoms with Gasteiger partial charge in [0.2, 0.25) is 11.7 Å². The van der Waals surface area contributed by atoms with E-state index in [1.54, 1.807) is 21.3 Å². The second kappa shape index (κ2) is 10.3. The number of amides is 1. The highest BCUT2D eigenvalue weighted by Crippen LogP contribution is 2.41. The van der Waals surface area contributed by atoms with Crippen LogP contribution in [0, 0.1) is 0 Å². The van der Waals surface area contributed by atoms with E-state index in [0.717, 1.165) is 40.1 Å². The van der Waals surface area contributed by atoms with Gasteiger partial charge < -0.3 is 24.0 Å². The van der Waals surface area contributed by atoms with Gasteiger partial charge in [-0.3, -0.25) is 4.79 Å². The Morgan fingerprint density at radius 3 is 2.33 bits per heavy atom. The molecule has 0 bridgehead atoms. The van der Waals surface area contributed by atoms with E-state index in [0.29, 0.717) is 30.3 Å². The molecule has 0 spiro atoms. The molecule has 0 N–H and O–H groups in total. The van der Waals surface area contributed by atoms with E-state index in [1.165, 1.54) is 11.3 Å². The van der Waals surface area contributed by atoms with Crippen molar-refractivity contribution in [2.75, 3.05) is 52.4 Å². The van der Waals surface area contributed by atoms with Gasteiger partial charge in [0.25, 0.3) is 0 Å². The van der Waals surface area contributed by atoms with Crippen LogP contribution in [0.3, 0.4) is 0 Å². The summed E-state index contributed by atoms with van der Waals surface area (Å²) < 4.78 is 16.3. The number of carbonyl (C=O) groups is 1. The predicted molar refractivity (Wildman–Crippen MR) is 131 cm³/mol. The van der Waals surface area contributed by atoms with Crippen molar-refractivity contribution in [2.45, 2.75) is 6.42 Å². The number of carbonyl (C=O) groups excluding carboxylic acids is 1. The standard InChI is InChI=1S/C24H26ClN3O4S/c1-30-20-11-16(12-21(31-2)23(20)32-3)24-26-18(15-33-24)14-22(29)28-9-7-27(8-10-28)19-6-4-5-17(25)13-19/h4-6,11-13,15H,7-10,14H2,1-3H3. The molecule has 2 aromatic carbocycles. The molecule has 174 valence electrons. The molecule has 1 aromatic heterocycles. The van der Waals surface area contributed by atoms with Crippen LogP contribution < -0.4 is 19.1 Å². The van der Waals surface area contributed by atoms with Gasteiger partial charge in [0, 0.05) is 47.8 Å². The number of piperazine rings is 1. The normalized spacial score (nSPS) is 13.7. The van der Waals surface area contributed by atoms with Crippen LogP contribution in [0.4, 0.5) is 5.69 Å². The lowest BCUT2D eigenvalue weighted by molar-refractivity contribution is -0.130. The van der Waals surface area contributed by atoms with E-state index in [1.807, 2.05) is 46.7 Å².